The summed E-state index contributed by atoms with van der Waals surface area (Å²) in [6, 6.07) is 4.54. The molecule has 8 heteroatoms. The Labute approximate surface area is 126 Å². The van der Waals surface area contributed by atoms with E-state index in [1.54, 1.807) is 10.7 Å². The van der Waals surface area contributed by atoms with Crippen molar-refractivity contribution in [3.8, 4) is 0 Å². The standard InChI is InChI=1S/C13H17F2N5S/c1-9(2)16-6-7-20-13(17-18-19-20)21-8-10-4-3-5-11(14)12(10)15/h3-5,9,16H,6-8H2,1-2H3. The van der Waals surface area contributed by atoms with Crippen molar-refractivity contribution >= 4 is 11.8 Å². The lowest BCUT2D eigenvalue weighted by Gasteiger charge is -2.08. The molecule has 0 amide bonds. The van der Waals surface area contributed by atoms with Crippen LogP contribution in [-0.4, -0.2) is 32.8 Å². The fourth-order valence-electron chi connectivity index (χ4n) is 1.70. The molecule has 0 radical (unpaired) electrons. The van der Waals surface area contributed by atoms with E-state index in [1.165, 1.54) is 17.8 Å². The molecular weight excluding hydrogens is 296 g/mol. The number of hydrogen-bond acceptors (Lipinski definition) is 5. The van der Waals surface area contributed by atoms with Crippen molar-refractivity contribution in [2.75, 3.05) is 6.54 Å². The minimum Gasteiger partial charge on any atom is -0.313 e. The lowest BCUT2D eigenvalue weighted by atomic mass is 10.2. The van der Waals surface area contributed by atoms with Gasteiger partial charge in [0.1, 0.15) is 0 Å². The van der Waals surface area contributed by atoms with E-state index < -0.39 is 11.6 Å². The Morgan fingerprint density at radius 2 is 2.14 bits per heavy atom. The molecule has 1 N–H and O–H groups in total. The maximum atomic E-state index is 13.6. The van der Waals surface area contributed by atoms with Gasteiger partial charge in [0.15, 0.2) is 11.6 Å². The van der Waals surface area contributed by atoms with Crippen molar-refractivity contribution < 1.29 is 8.78 Å². The molecule has 1 aromatic carbocycles. The number of rotatable bonds is 7. The zero-order valence-electron chi connectivity index (χ0n) is 11.9. The zero-order chi connectivity index (χ0) is 15.2. The first-order chi connectivity index (χ1) is 10.1. The van der Waals surface area contributed by atoms with Gasteiger partial charge in [0.2, 0.25) is 5.16 Å². The summed E-state index contributed by atoms with van der Waals surface area (Å²) < 4.78 is 28.3. The predicted molar refractivity (Wildman–Crippen MR) is 76.9 cm³/mol. The van der Waals surface area contributed by atoms with E-state index in [2.05, 4.69) is 34.7 Å². The molecule has 0 saturated carbocycles. The molecule has 1 heterocycles. The molecule has 0 aliphatic heterocycles. The van der Waals surface area contributed by atoms with Crippen LogP contribution in [0.5, 0.6) is 0 Å². The lowest BCUT2D eigenvalue weighted by molar-refractivity contribution is 0.484. The Morgan fingerprint density at radius 3 is 2.90 bits per heavy atom. The first-order valence-corrected chi connectivity index (χ1v) is 7.61. The topological polar surface area (TPSA) is 55.6 Å². The van der Waals surface area contributed by atoms with Crippen LogP contribution in [0.3, 0.4) is 0 Å². The van der Waals surface area contributed by atoms with E-state index in [4.69, 9.17) is 0 Å². The van der Waals surface area contributed by atoms with E-state index >= 15 is 0 Å². The van der Waals surface area contributed by atoms with E-state index in [9.17, 15) is 8.78 Å². The summed E-state index contributed by atoms with van der Waals surface area (Å²) >= 11 is 1.28. The molecule has 21 heavy (non-hydrogen) atoms. The predicted octanol–water partition coefficient (Wildman–Crippen LogP) is 2.24. The molecule has 0 aliphatic rings. The molecule has 0 aliphatic carbocycles. The highest BCUT2D eigenvalue weighted by atomic mass is 32.2. The fourth-order valence-corrected chi connectivity index (χ4v) is 2.58. The molecular formula is C13H17F2N5S. The molecule has 1 aromatic heterocycles. The third-order valence-corrected chi connectivity index (χ3v) is 3.77. The van der Waals surface area contributed by atoms with Crippen LogP contribution in [0.1, 0.15) is 19.4 Å². The van der Waals surface area contributed by atoms with Crippen molar-refractivity contribution in [1.82, 2.24) is 25.5 Å². The fraction of sp³-hybridized carbons (Fsp3) is 0.462. The highest BCUT2D eigenvalue weighted by Crippen LogP contribution is 2.22. The molecule has 0 saturated heterocycles. The smallest absolute Gasteiger partial charge is 0.209 e. The average Bonchev–Trinajstić information content (AvgIpc) is 2.88. The number of tetrazole rings is 1. The van der Waals surface area contributed by atoms with Gasteiger partial charge in [-0.2, -0.15) is 0 Å². The SMILES string of the molecule is CC(C)NCCn1nnnc1SCc1cccc(F)c1F. The van der Waals surface area contributed by atoms with Gasteiger partial charge in [-0.05, 0) is 16.5 Å². The Balaban J connectivity index is 1.94. The van der Waals surface area contributed by atoms with Crippen LogP contribution < -0.4 is 5.32 Å². The molecule has 0 fully saturated rings. The van der Waals surface area contributed by atoms with E-state index in [-0.39, 0.29) is 5.75 Å². The van der Waals surface area contributed by atoms with Gasteiger partial charge in [-0.15, -0.1) is 5.10 Å². The van der Waals surface area contributed by atoms with Gasteiger partial charge >= 0.3 is 0 Å². The number of thioether (sulfide) groups is 1. The van der Waals surface area contributed by atoms with Crippen molar-refractivity contribution in [2.45, 2.75) is 37.3 Å². The second-order valence-electron chi connectivity index (χ2n) is 4.80. The molecule has 114 valence electrons. The zero-order valence-corrected chi connectivity index (χ0v) is 12.7. The normalized spacial score (nSPS) is 11.3. The summed E-state index contributed by atoms with van der Waals surface area (Å²) in [6.07, 6.45) is 0. The summed E-state index contributed by atoms with van der Waals surface area (Å²) in [5.41, 5.74) is 0.301. The van der Waals surface area contributed by atoms with Crippen molar-refractivity contribution in [3.63, 3.8) is 0 Å². The van der Waals surface area contributed by atoms with E-state index in [1.807, 2.05) is 0 Å². The molecule has 2 aromatic rings. The second-order valence-corrected chi connectivity index (χ2v) is 5.74. The Morgan fingerprint density at radius 1 is 1.33 bits per heavy atom. The number of nitrogens with zero attached hydrogens (tertiary/aromatic N) is 4. The number of benzene rings is 1. The number of aromatic nitrogens is 4. The second kappa shape index (κ2) is 7.46. The first-order valence-electron chi connectivity index (χ1n) is 6.63. The number of hydrogen-bond donors (Lipinski definition) is 1. The third kappa shape index (κ3) is 4.47. The van der Waals surface area contributed by atoms with Crippen molar-refractivity contribution in [1.29, 1.82) is 0 Å². The van der Waals surface area contributed by atoms with Gasteiger partial charge in [-0.1, -0.05) is 37.7 Å². The minimum absolute atomic E-state index is 0.279. The van der Waals surface area contributed by atoms with Gasteiger partial charge in [0.05, 0.1) is 6.54 Å². The third-order valence-electron chi connectivity index (χ3n) is 2.76. The van der Waals surface area contributed by atoms with Gasteiger partial charge in [0, 0.05) is 23.9 Å². The Kier molecular flexibility index (Phi) is 5.63. The summed E-state index contributed by atoms with van der Waals surface area (Å²) in [4.78, 5) is 0. The largest absolute Gasteiger partial charge is 0.313 e. The molecule has 0 unspecified atom stereocenters. The van der Waals surface area contributed by atoms with Crippen LogP contribution in [0.15, 0.2) is 23.4 Å². The van der Waals surface area contributed by atoms with Gasteiger partial charge in [-0.3, -0.25) is 0 Å². The van der Waals surface area contributed by atoms with E-state index in [0.717, 1.165) is 12.6 Å². The van der Waals surface area contributed by atoms with Crippen LogP contribution in [0, 0.1) is 11.6 Å². The maximum Gasteiger partial charge on any atom is 0.209 e. The summed E-state index contributed by atoms with van der Waals surface area (Å²) in [6.45, 7) is 5.48. The lowest BCUT2D eigenvalue weighted by Crippen LogP contribution is -2.27. The highest BCUT2D eigenvalue weighted by molar-refractivity contribution is 7.98. The first kappa shape index (κ1) is 15.8. The van der Waals surface area contributed by atoms with Crippen LogP contribution in [0.4, 0.5) is 8.78 Å². The minimum atomic E-state index is -0.839. The monoisotopic (exact) mass is 313 g/mol. The van der Waals surface area contributed by atoms with Crippen molar-refractivity contribution in [2.24, 2.45) is 0 Å². The number of halogens is 2. The van der Waals surface area contributed by atoms with Gasteiger partial charge in [-0.25, -0.2) is 13.5 Å². The van der Waals surface area contributed by atoms with E-state index in [0.29, 0.717) is 23.3 Å². The summed E-state index contributed by atoms with van der Waals surface area (Å²) in [5.74, 6) is -1.37. The summed E-state index contributed by atoms with van der Waals surface area (Å²) in [5, 5.41) is 15.3. The van der Waals surface area contributed by atoms with Crippen LogP contribution in [0.2, 0.25) is 0 Å². The van der Waals surface area contributed by atoms with Crippen LogP contribution in [0.25, 0.3) is 0 Å². The molecule has 0 atom stereocenters. The highest BCUT2D eigenvalue weighted by Gasteiger charge is 2.11. The quantitative estimate of drug-likeness (QED) is 0.795. The summed E-state index contributed by atoms with van der Waals surface area (Å²) in [7, 11) is 0. The molecule has 0 spiro atoms. The van der Waals surface area contributed by atoms with Gasteiger partial charge in [0.25, 0.3) is 0 Å². The maximum absolute atomic E-state index is 13.6. The van der Waals surface area contributed by atoms with Crippen molar-refractivity contribution in [3.05, 3.63) is 35.4 Å². The Bertz CT molecular complexity index is 588. The van der Waals surface area contributed by atoms with Gasteiger partial charge < -0.3 is 5.32 Å². The average molecular weight is 313 g/mol. The Hall–Kier alpha value is -1.54. The number of nitrogens with one attached hydrogen (secondary N) is 1. The molecule has 2 rings (SSSR count). The molecule has 0 bridgehead atoms. The van der Waals surface area contributed by atoms with Crippen LogP contribution >= 0.6 is 11.8 Å². The molecule has 5 nitrogen and oxygen atoms in total. The van der Waals surface area contributed by atoms with Crippen LogP contribution in [-0.2, 0) is 12.3 Å².